The van der Waals surface area contributed by atoms with Crippen LogP contribution in [0.15, 0.2) is 54.6 Å². The first-order valence-corrected chi connectivity index (χ1v) is 9.72. The standard InChI is InChI=1S/C21H24N4S/c26-21(22-13-10-16-6-2-1-3-7-16)25-14-11-17(12-15-25)20-23-18-8-4-5-9-19(18)24-20/h1-9,17H,10-15H2,(H,22,26)(H,23,24). The molecule has 2 N–H and O–H groups in total. The summed E-state index contributed by atoms with van der Waals surface area (Å²) in [5, 5.41) is 4.29. The zero-order valence-electron chi connectivity index (χ0n) is 14.8. The van der Waals surface area contributed by atoms with E-state index in [1.807, 2.05) is 18.2 Å². The van der Waals surface area contributed by atoms with Crippen LogP contribution in [-0.2, 0) is 6.42 Å². The molecule has 26 heavy (non-hydrogen) atoms. The van der Waals surface area contributed by atoms with E-state index in [2.05, 4.69) is 51.6 Å². The number of H-pyrrole nitrogens is 1. The number of para-hydroxylation sites is 2. The van der Waals surface area contributed by atoms with E-state index in [9.17, 15) is 0 Å². The summed E-state index contributed by atoms with van der Waals surface area (Å²) in [6, 6.07) is 18.8. The van der Waals surface area contributed by atoms with E-state index >= 15 is 0 Å². The fourth-order valence-corrected chi connectivity index (χ4v) is 3.88. The minimum Gasteiger partial charge on any atom is -0.362 e. The predicted molar refractivity (Wildman–Crippen MR) is 110 cm³/mol. The van der Waals surface area contributed by atoms with Gasteiger partial charge in [0, 0.05) is 25.6 Å². The van der Waals surface area contributed by atoms with E-state index in [4.69, 9.17) is 17.2 Å². The van der Waals surface area contributed by atoms with Crippen LogP contribution in [0.3, 0.4) is 0 Å². The Morgan fingerprint density at radius 2 is 1.81 bits per heavy atom. The fourth-order valence-electron chi connectivity index (χ4n) is 3.59. The molecule has 0 radical (unpaired) electrons. The minimum atomic E-state index is 0.491. The summed E-state index contributed by atoms with van der Waals surface area (Å²) >= 11 is 5.59. The molecule has 1 aromatic heterocycles. The maximum atomic E-state index is 5.59. The van der Waals surface area contributed by atoms with Crippen LogP contribution < -0.4 is 5.32 Å². The zero-order valence-corrected chi connectivity index (χ0v) is 15.6. The molecule has 1 aliphatic heterocycles. The number of hydrogen-bond donors (Lipinski definition) is 2. The van der Waals surface area contributed by atoms with Crippen LogP contribution in [0.4, 0.5) is 0 Å². The van der Waals surface area contributed by atoms with Crippen molar-refractivity contribution < 1.29 is 0 Å². The molecule has 3 aromatic rings. The van der Waals surface area contributed by atoms with E-state index in [1.54, 1.807) is 0 Å². The second-order valence-corrected chi connectivity index (χ2v) is 7.25. The molecule has 2 aromatic carbocycles. The number of benzene rings is 2. The summed E-state index contributed by atoms with van der Waals surface area (Å²) in [6.45, 7) is 2.85. The molecule has 2 heterocycles. The van der Waals surface area contributed by atoms with Gasteiger partial charge >= 0.3 is 0 Å². The molecule has 4 nitrogen and oxygen atoms in total. The van der Waals surface area contributed by atoms with Gasteiger partial charge in [-0.1, -0.05) is 42.5 Å². The number of hydrogen-bond acceptors (Lipinski definition) is 2. The summed E-state index contributed by atoms with van der Waals surface area (Å²) in [7, 11) is 0. The quantitative estimate of drug-likeness (QED) is 0.690. The number of nitrogens with one attached hydrogen (secondary N) is 2. The van der Waals surface area contributed by atoms with E-state index in [0.717, 1.165) is 60.9 Å². The monoisotopic (exact) mass is 364 g/mol. The van der Waals surface area contributed by atoms with Gasteiger partial charge in [-0.3, -0.25) is 0 Å². The number of likely N-dealkylation sites (tertiary alicyclic amines) is 1. The van der Waals surface area contributed by atoms with Crippen LogP contribution in [0, 0.1) is 0 Å². The number of rotatable bonds is 4. The Labute approximate surface area is 159 Å². The normalized spacial score (nSPS) is 15.3. The average Bonchev–Trinajstić information content (AvgIpc) is 3.13. The molecular formula is C21H24N4S. The summed E-state index contributed by atoms with van der Waals surface area (Å²) in [4.78, 5) is 10.5. The van der Waals surface area contributed by atoms with Crippen LogP contribution in [0.5, 0.6) is 0 Å². The molecule has 134 valence electrons. The van der Waals surface area contributed by atoms with Crippen LogP contribution in [-0.4, -0.2) is 39.6 Å². The Morgan fingerprint density at radius 3 is 2.58 bits per heavy atom. The molecular weight excluding hydrogens is 340 g/mol. The topological polar surface area (TPSA) is 44.0 Å². The summed E-state index contributed by atoms with van der Waals surface area (Å²) in [6.07, 6.45) is 3.16. The maximum Gasteiger partial charge on any atom is 0.168 e. The number of piperidine rings is 1. The van der Waals surface area contributed by atoms with Crippen molar-refractivity contribution in [3.05, 3.63) is 66.0 Å². The smallest absolute Gasteiger partial charge is 0.168 e. The van der Waals surface area contributed by atoms with Crippen LogP contribution >= 0.6 is 12.2 Å². The SMILES string of the molecule is S=C(NCCc1ccccc1)N1CCC(c2nc3ccccc3[nH]2)CC1. The van der Waals surface area contributed by atoms with Crippen molar-refractivity contribution in [1.82, 2.24) is 20.2 Å². The van der Waals surface area contributed by atoms with Gasteiger partial charge in [0.2, 0.25) is 0 Å². The molecule has 0 saturated carbocycles. The van der Waals surface area contributed by atoms with E-state index in [-0.39, 0.29) is 0 Å². The number of nitrogens with zero attached hydrogens (tertiary/aromatic N) is 2. The molecule has 1 fully saturated rings. The molecule has 1 aliphatic rings. The Balaban J connectivity index is 1.27. The Bertz CT molecular complexity index is 833. The van der Waals surface area contributed by atoms with E-state index < -0.39 is 0 Å². The van der Waals surface area contributed by atoms with Crippen molar-refractivity contribution in [3.8, 4) is 0 Å². The Morgan fingerprint density at radius 1 is 1.08 bits per heavy atom. The first-order valence-electron chi connectivity index (χ1n) is 9.31. The van der Waals surface area contributed by atoms with Crippen LogP contribution in [0.1, 0.15) is 30.1 Å². The zero-order chi connectivity index (χ0) is 17.8. The molecule has 0 atom stereocenters. The fraction of sp³-hybridized carbons (Fsp3) is 0.333. The second kappa shape index (κ2) is 7.87. The number of imidazole rings is 1. The highest BCUT2D eigenvalue weighted by Gasteiger charge is 2.24. The molecule has 0 spiro atoms. The van der Waals surface area contributed by atoms with E-state index in [1.165, 1.54) is 5.56 Å². The van der Waals surface area contributed by atoms with Crippen molar-refractivity contribution in [2.45, 2.75) is 25.2 Å². The summed E-state index contributed by atoms with van der Waals surface area (Å²) in [5.41, 5.74) is 3.53. The predicted octanol–water partition coefficient (Wildman–Crippen LogP) is 3.86. The van der Waals surface area contributed by atoms with Crippen molar-refractivity contribution in [2.24, 2.45) is 0 Å². The number of fused-ring (bicyclic) bond motifs is 1. The lowest BCUT2D eigenvalue weighted by molar-refractivity contribution is 0.305. The summed E-state index contributed by atoms with van der Waals surface area (Å²) in [5.74, 6) is 1.61. The third kappa shape index (κ3) is 3.88. The molecule has 5 heteroatoms. The average molecular weight is 365 g/mol. The molecule has 0 unspecified atom stereocenters. The first-order chi connectivity index (χ1) is 12.8. The highest BCUT2D eigenvalue weighted by molar-refractivity contribution is 7.80. The number of aromatic amines is 1. The lowest BCUT2D eigenvalue weighted by Gasteiger charge is -2.33. The first kappa shape index (κ1) is 17.0. The van der Waals surface area contributed by atoms with Gasteiger partial charge in [0.25, 0.3) is 0 Å². The van der Waals surface area contributed by atoms with Crippen molar-refractivity contribution >= 4 is 28.4 Å². The Kier molecular flexibility index (Phi) is 5.16. The Hall–Kier alpha value is -2.40. The van der Waals surface area contributed by atoms with Gasteiger partial charge in [0.15, 0.2) is 5.11 Å². The van der Waals surface area contributed by atoms with Crippen LogP contribution in [0.25, 0.3) is 11.0 Å². The van der Waals surface area contributed by atoms with Crippen molar-refractivity contribution in [3.63, 3.8) is 0 Å². The number of thiocarbonyl (C=S) groups is 1. The van der Waals surface area contributed by atoms with Gasteiger partial charge in [-0.05, 0) is 49.2 Å². The van der Waals surface area contributed by atoms with E-state index in [0.29, 0.717) is 5.92 Å². The lowest BCUT2D eigenvalue weighted by atomic mass is 9.96. The summed E-state index contributed by atoms with van der Waals surface area (Å²) < 4.78 is 0. The van der Waals surface area contributed by atoms with Gasteiger partial charge in [0.1, 0.15) is 5.82 Å². The van der Waals surface area contributed by atoms with Gasteiger partial charge in [0.05, 0.1) is 11.0 Å². The lowest BCUT2D eigenvalue weighted by Crippen LogP contribution is -2.44. The molecule has 1 saturated heterocycles. The number of aromatic nitrogens is 2. The molecule has 4 rings (SSSR count). The third-order valence-corrected chi connectivity index (χ3v) is 5.51. The van der Waals surface area contributed by atoms with Crippen LogP contribution in [0.2, 0.25) is 0 Å². The molecule has 0 amide bonds. The van der Waals surface area contributed by atoms with Gasteiger partial charge < -0.3 is 15.2 Å². The maximum absolute atomic E-state index is 5.59. The third-order valence-electron chi connectivity index (χ3n) is 5.11. The minimum absolute atomic E-state index is 0.491. The van der Waals surface area contributed by atoms with Gasteiger partial charge in [-0.25, -0.2) is 4.98 Å². The second-order valence-electron chi connectivity index (χ2n) is 6.87. The molecule has 0 bridgehead atoms. The van der Waals surface area contributed by atoms with Crippen molar-refractivity contribution in [2.75, 3.05) is 19.6 Å². The van der Waals surface area contributed by atoms with Gasteiger partial charge in [-0.15, -0.1) is 0 Å². The van der Waals surface area contributed by atoms with Gasteiger partial charge in [-0.2, -0.15) is 0 Å². The largest absolute Gasteiger partial charge is 0.362 e. The highest BCUT2D eigenvalue weighted by atomic mass is 32.1. The van der Waals surface area contributed by atoms with Crippen molar-refractivity contribution in [1.29, 1.82) is 0 Å². The molecule has 0 aliphatic carbocycles. The highest BCUT2D eigenvalue weighted by Crippen LogP contribution is 2.27.